The quantitative estimate of drug-likeness (QED) is 0.794. The molecule has 2 rings (SSSR count). The first-order valence-corrected chi connectivity index (χ1v) is 5.98. The molecule has 0 radical (unpaired) electrons. The molecule has 84 valence electrons. The minimum Gasteiger partial charge on any atom is -0.322 e. The SMILES string of the molecule is CSc1nc(C(C)N)n(-c2ncccn2)n1. The monoisotopic (exact) mass is 236 g/mol. The highest BCUT2D eigenvalue weighted by Crippen LogP contribution is 2.16. The van der Waals surface area contributed by atoms with Crippen LogP contribution in [0, 0.1) is 0 Å². The third kappa shape index (κ3) is 2.05. The lowest BCUT2D eigenvalue weighted by atomic mass is 10.3. The van der Waals surface area contributed by atoms with Gasteiger partial charge in [-0.25, -0.2) is 15.0 Å². The van der Waals surface area contributed by atoms with E-state index in [1.807, 2.05) is 13.2 Å². The second-order valence-corrected chi connectivity index (χ2v) is 3.98. The molecule has 0 bridgehead atoms. The van der Waals surface area contributed by atoms with E-state index in [-0.39, 0.29) is 6.04 Å². The van der Waals surface area contributed by atoms with Crippen LogP contribution in [0.3, 0.4) is 0 Å². The smallest absolute Gasteiger partial charge is 0.252 e. The summed E-state index contributed by atoms with van der Waals surface area (Å²) in [6.45, 7) is 1.85. The summed E-state index contributed by atoms with van der Waals surface area (Å²) in [6.07, 6.45) is 5.23. The fraction of sp³-hybridized carbons (Fsp3) is 0.333. The van der Waals surface area contributed by atoms with Crippen LogP contribution in [0.4, 0.5) is 0 Å². The Bertz CT molecular complexity index is 466. The van der Waals surface area contributed by atoms with E-state index in [0.29, 0.717) is 16.9 Å². The van der Waals surface area contributed by atoms with Crippen molar-refractivity contribution < 1.29 is 0 Å². The zero-order valence-electron chi connectivity index (χ0n) is 9.03. The average molecular weight is 236 g/mol. The Labute approximate surface area is 97.3 Å². The number of hydrogen-bond acceptors (Lipinski definition) is 6. The maximum absolute atomic E-state index is 5.83. The topological polar surface area (TPSA) is 82.5 Å². The van der Waals surface area contributed by atoms with Crippen LogP contribution in [0.5, 0.6) is 0 Å². The van der Waals surface area contributed by atoms with E-state index in [2.05, 4.69) is 20.1 Å². The van der Waals surface area contributed by atoms with Crippen molar-refractivity contribution in [1.82, 2.24) is 24.7 Å². The zero-order valence-corrected chi connectivity index (χ0v) is 9.85. The lowest BCUT2D eigenvalue weighted by Crippen LogP contribution is -2.14. The van der Waals surface area contributed by atoms with Gasteiger partial charge in [-0.15, -0.1) is 5.10 Å². The van der Waals surface area contributed by atoms with Crippen LogP contribution in [-0.4, -0.2) is 31.0 Å². The van der Waals surface area contributed by atoms with Crippen molar-refractivity contribution >= 4 is 11.8 Å². The molecule has 1 atom stereocenters. The van der Waals surface area contributed by atoms with Gasteiger partial charge in [0.2, 0.25) is 5.16 Å². The van der Waals surface area contributed by atoms with Gasteiger partial charge in [0.25, 0.3) is 5.95 Å². The minimum atomic E-state index is -0.211. The predicted octanol–water partition coefficient (Wildman–Crippen LogP) is 0.799. The Balaban J connectivity index is 2.51. The molecule has 0 aliphatic carbocycles. The summed E-state index contributed by atoms with van der Waals surface area (Å²) >= 11 is 1.46. The minimum absolute atomic E-state index is 0.211. The molecule has 0 aliphatic heterocycles. The molecule has 0 fully saturated rings. The Morgan fingerprint density at radius 3 is 2.62 bits per heavy atom. The van der Waals surface area contributed by atoms with Crippen molar-refractivity contribution in [3.8, 4) is 5.95 Å². The summed E-state index contributed by atoms with van der Waals surface area (Å²) in [7, 11) is 0. The molecule has 0 spiro atoms. The maximum atomic E-state index is 5.83. The van der Waals surface area contributed by atoms with E-state index in [0.717, 1.165) is 0 Å². The van der Waals surface area contributed by atoms with E-state index < -0.39 is 0 Å². The van der Waals surface area contributed by atoms with E-state index in [1.54, 1.807) is 23.1 Å². The van der Waals surface area contributed by atoms with E-state index >= 15 is 0 Å². The van der Waals surface area contributed by atoms with Crippen LogP contribution >= 0.6 is 11.8 Å². The summed E-state index contributed by atoms with van der Waals surface area (Å²) in [5, 5.41) is 4.95. The predicted molar refractivity (Wildman–Crippen MR) is 61.3 cm³/mol. The lowest BCUT2D eigenvalue weighted by molar-refractivity contribution is 0.667. The van der Waals surface area contributed by atoms with Gasteiger partial charge in [0, 0.05) is 12.4 Å². The standard InChI is InChI=1S/C9H12N6S/c1-6(10)7-13-9(16-2)14-15(7)8-11-4-3-5-12-8/h3-6H,10H2,1-2H3. The van der Waals surface area contributed by atoms with Crippen molar-refractivity contribution in [2.45, 2.75) is 18.1 Å². The van der Waals surface area contributed by atoms with Crippen LogP contribution in [0.15, 0.2) is 23.6 Å². The first-order chi connectivity index (χ1) is 7.72. The van der Waals surface area contributed by atoms with Crippen LogP contribution in [0.25, 0.3) is 5.95 Å². The van der Waals surface area contributed by atoms with Crippen molar-refractivity contribution in [2.24, 2.45) is 5.73 Å². The van der Waals surface area contributed by atoms with E-state index in [4.69, 9.17) is 5.73 Å². The molecule has 7 heteroatoms. The number of hydrogen-bond donors (Lipinski definition) is 1. The molecule has 2 aromatic rings. The molecule has 0 amide bonds. The number of nitrogens with two attached hydrogens (primary N) is 1. The molecule has 0 aromatic carbocycles. The molecular weight excluding hydrogens is 224 g/mol. The van der Waals surface area contributed by atoms with Gasteiger partial charge in [-0.3, -0.25) is 0 Å². The van der Waals surface area contributed by atoms with Crippen molar-refractivity contribution in [1.29, 1.82) is 0 Å². The van der Waals surface area contributed by atoms with Crippen molar-refractivity contribution in [3.05, 3.63) is 24.3 Å². The molecule has 1 unspecified atom stereocenters. The fourth-order valence-electron chi connectivity index (χ4n) is 1.23. The Kier molecular flexibility index (Phi) is 3.16. The summed E-state index contributed by atoms with van der Waals surface area (Å²) in [6, 6.07) is 1.54. The molecule has 16 heavy (non-hydrogen) atoms. The third-order valence-electron chi connectivity index (χ3n) is 1.94. The fourth-order valence-corrected chi connectivity index (χ4v) is 1.58. The molecule has 0 saturated heterocycles. The highest BCUT2D eigenvalue weighted by molar-refractivity contribution is 7.98. The van der Waals surface area contributed by atoms with Gasteiger partial charge in [0.05, 0.1) is 6.04 Å². The molecule has 2 aromatic heterocycles. The molecule has 2 N–H and O–H groups in total. The lowest BCUT2D eigenvalue weighted by Gasteiger charge is -2.05. The van der Waals surface area contributed by atoms with Gasteiger partial charge < -0.3 is 5.73 Å². The molecule has 0 saturated carbocycles. The van der Waals surface area contributed by atoms with Crippen LogP contribution in [-0.2, 0) is 0 Å². The summed E-state index contributed by atoms with van der Waals surface area (Å²) < 4.78 is 1.58. The van der Waals surface area contributed by atoms with Gasteiger partial charge in [0.1, 0.15) is 0 Å². The largest absolute Gasteiger partial charge is 0.322 e. The number of thioether (sulfide) groups is 1. The van der Waals surface area contributed by atoms with Crippen LogP contribution < -0.4 is 5.73 Å². The van der Waals surface area contributed by atoms with Gasteiger partial charge in [0.15, 0.2) is 5.82 Å². The number of aromatic nitrogens is 5. The van der Waals surface area contributed by atoms with Gasteiger partial charge in [-0.1, -0.05) is 11.8 Å². The normalized spacial score (nSPS) is 12.7. The second-order valence-electron chi connectivity index (χ2n) is 3.21. The van der Waals surface area contributed by atoms with Gasteiger partial charge in [-0.05, 0) is 19.2 Å². The van der Waals surface area contributed by atoms with Crippen molar-refractivity contribution in [2.75, 3.05) is 6.26 Å². The van der Waals surface area contributed by atoms with Crippen LogP contribution in [0.2, 0.25) is 0 Å². The molecule has 2 heterocycles. The number of rotatable bonds is 3. The zero-order chi connectivity index (χ0) is 11.5. The van der Waals surface area contributed by atoms with E-state index in [9.17, 15) is 0 Å². The Morgan fingerprint density at radius 2 is 2.06 bits per heavy atom. The third-order valence-corrected chi connectivity index (χ3v) is 2.48. The maximum Gasteiger partial charge on any atom is 0.252 e. The highest BCUT2D eigenvalue weighted by Gasteiger charge is 2.15. The van der Waals surface area contributed by atoms with Gasteiger partial charge >= 0.3 is 0 Å². The first-order valence-electron chi connectivity index (χ1n) is 4.76. The Morgan fingerprint density at radius 1 is 1.38 bits per heavy atom. The Hall–Kier alpha value is -1.47. The molecule has 6 nitrogen and oxygen atoms in total. The highest BCUT2D eigenvalue weighted by atomic mass is 32.2. The van der Waals surface area contributed by atoms with Gasteiger partial charge in [-0.2, -0.15) is 4.68 Å². The molecular formula is C9H12N6S. The summed E-state index contributed by atoms with van der Waals surface area (Å²) in [5.41, 5.74) is 5.83. The molecule has 0 aliphatic rings. The number of nitrogens with zero attached hydrogens (tertiary/aromatic N) is 5. The first kappa shape index (κ1) is 11.0. The second kappa shape index (κ2) is 4.58. The summed E-state index contributed by atoms with van der Waals surface area (Å²) in [4.78, 5) is 12.6. The van der Waals surface area contributed by atoms with Crippen molar-refractivity contribution in [3.63, 3.8) is 0 Å². The van der Waals surface area contributed by atoms with E-state index in [1.165, 1.54) is 11.8 Å². The summed E-state index contributed by atoms with van der Waals surface area (Å²) in [5.74, 6) is 1.15. The average Bonchev–Trinajstić information content (AvgIpc) is 2.74. The van der Waals surface area contributed by atoms with Crippen LogP contribution in [0.1, 0.15) is 18.8 Å².